The number of hydrogen-bond acceptors (Lipinski definition) is 2. The molecule has 0 aliphatic rings. The molecule has 0 amide bonds. The fourth-order valence-corrected chi connectivity index (χ4v) is 2.00. The number of rotatable bonds is 4. The SMILES string of the molecule is Cc1ccc(C(C)C)cc1Oc1c(F)cc(CO)cc1F. The number of halogens is 2. The second-order valence-corrected chi connectivity index (χ2v) is 5.33. The number of aliphatic hydroxyl groups is 1. The topological polar surface area (TPSA) is 29.5 Å². The van der Waals surface area contributed by atoms with Crippen LogP contribution in [0.25, 0.3) is 0 Å². The molecule has 0 aliphatic carbocycles. The van der Waals surface area contributed by atoms with Crippen LogP contribution in [0.15, 0.2) is 30.3 Å². The molecule has 0 heterocycles. The van der Waals surface area contributed by atoms with Crippen LogP contribution < -0.4 is 4.74 Å². The van der Waals surface area contributed by atoms with E-state index in [1.54, 1.807) is 6.07 Å². The third-order valence-electron chi connectivity index (χ3n) is 3.33. The summed E-state index contributed by atoms with van der Waals surface area (Å²) < 4.78 is 33.2. The first-order valence-corrected chi connectivity index (χ1v) is 6.79. The molecule has 2 aromatic carbocycles. The minimum atomic E-state index is -0.826. The summed E-state index contributed by atoms with van der Waals surface area (Å²) in [5.74, 6) is -1.38. The van der Waals surface area contributed by atoms with Crippen molar-refractivity contribution in [3.63, 3.8) is 0 Å². The minimum absolute atomic E-state index is 0.171. The lowest BCUT2D eigenvalue weighted by Gasteiger charge is -2.14. The van der Waals surface area contributed by atoms with Gasteiger partial charge in [0.2, 0.25) is 0 Å². The van der Waals surface area contributed by atoms with Crippen LogP contribution in [0.5, 0.6) is 11.5 Å². The Labute approximate surface area is 123 Å². The van der Waals surface area contributed by atoms with Gasteiger partial charge in [-0.3, -0.25) is 0 Å². The Balaban J connectivity index is 2.40. The minimum Gasteiger partial charge on any atom is -0.451 e. The van der Waals surface area contributed by atoms with Gasteiger partial charge in [0.25, 0.3) is 0 Å². The Hall–Kier alpha value is -1.94. The Morgan fingerprint density at radius 2 is 1.71 bits per heavy atom. The van der Waals surface area contributed by atoms with Crippen molar-refractivity contribution in [2.75, 3.05) is 0 Å². The number of benzene rings is 2. The van der Waals surface area contributed by atoms with Gasteiger partial charge in [0.1, 0.15) is 5.75 Å². The van der Waals surface area contributed by atoms with Gasteiger partial charge in [-0.15, -0.1) is 0 Å². The van der Waals surface area contributed by atoms with E-state index in [4.69, 9.17) is 9.84 Å². The van der Waals surface area contributed by atoms with Crippen LogP contribution in [0.1, 0.15) is 36.5 Å². The molecule has 2 nitrogen and oxygen atoms in total. The normalized spacial score (nSPS) is 11.0. The third kappa shape index (κ3) is 3.39. The standard InChI is InChI=1S/C17H18F2O2/c1-10(2)13-5-4-11(3)16(8-13)21-17-14(18)6-12(9-20)7-15(17)19/h4-8,10,20H,9H2,1-3H3. The third-order valence-corrected chi connectivity index (χ3v) is 3.33. The van der Waals surface area contributed by atoms with Crippen molar-refractivity contribution in [2.45, 2.75) is 33.3 Å². The highest BCUT2D eigenvalue weighted by Gasteiger charge is 2.15. The molecule has 1 N–H and O–H groups in total. The second kappa shape index (κ2) is 6.22. The molecule has 21 heavy (non-hydrogen) atoms. The lowest BCUT2D eigenvalue weighted by atomic mass is 10.0. The Kier molecular flexibility index (Phi) is 4.58. The maximum Gasteiger partial charge on any atom is 0.198 e. The molecule has 0 bridgehead atoms. The van der Waals surface area contributed by atoms with Crippen LogP contribution in [0.2, 0.25) is 0 Å². The van der Waals surface area contributed by atoms with E-state index in [0.717, 1.165) is 23.3 Å². The van der Waals surface area contributed by atoms with Gasteiger partial charge in [-0.2, -0.15) is 0 Å². The van der Waals surface area contributed by atoms with Crippen molar-refractivity contribution in [1.82, 2.24) is 0 Å². The molecule has 0 spiro atoms. The van der Waals surface area contributed by atoms with E-state index in [0.29, 0.717) is 11.7 Å². The van der Waals surface area contributed by atoms with E-state index in [-0.39, 0.29) is 5.56 Å². The summed E-state index contributed by atoms with van der Waals surface area (Å²) in [5, 5.41) is 8.93. The Morgan fingerprint density at radius 1 is 1.10 bits per heavy atom. The zero-order chi connectivity index (χ0) is 15.6. The van der Waals surface area contributed by atoms with Gasteiger partial charge in [-0.25, -0.2) is 8.78 Å². The number of aryl methyl sites for hydroxylation is 1. The molecule has 112 valence electrons. The van der Waals surface area contributed by atoms with Crippen LogP contribution in [-0.2, 0) is 6.61 Å². The zero-order valence-corrected chi connectivity index (χ0v) is 12.3. The first kappa shape index (κ1) is 15.4. The van der Waals surface area contributed by atoms with Crippen molar-refractivity contribution >= 4 is 0 Å². The molecule has 2 aromatic rings. The van der Waals surface area contributed by atoms with Crippen molar-refractivity contribution < 1.29 is 18.6 Å². The van der Waals surface area contributed by atoms with E-state index in [1.807, 2.05) is 32.9 Å². The summed E-state index contributed by atoms with van der Waals surface area (Å²) in [5.41, 5.74) is 2.00. The fourth-order valence-electron chi connectivity index (χ4n) is 2.00. The second-order valence-electron chi connectivity index (χ2n) is 5.33. The Morgan fingerprint density at radius 3 is 2.24 bits per heavy atom. The molecule has 0 saturated heterocycles. The summed E-state index contributed by atoms with van der Waals surface area (Å²) in [6.45, 7) is 5.46. The number of ether oxygens (including phenoxy) is 1. The molecule has 0 atom stereocenters. The highest BCUT2D eigenvalue weighted by Crippen LogP contribution is 2.32. The largest absolute Gasteiger partial charge is 0.451 e. The predicted molar refractivity (Wildman–Crippen MR) is 77.6 cm³/mol. The van der Waals surface area contributed by atoms with Gasteiger partial charge in [-0.1, -0.05) is 26.0 Å². The first-order valence-electron chi connectivity index (χ1n) is 6.79. The average Bonchev–Trinajstić information content (AvgIpc) is 2.44. The van der Waals surface area contributed by atoms with Crippen LogP contribution in [0.3, 0.4) is 0 Å². The molecule has 0 fully saturated rings. The molecular formula is C17H18F2O2. The quantitative estimate of drug-likeness (QED) is 0.886. The number of aliphatic hydroxyl groups excluding tert-OH is 1. The van der Waals surface area contributed by atoms with Gasteiger partial charge in [0, 0.05) is 0 Å². The van der Waals surface area contributed by atoms with Gasteiger partial charge in [0.15, 0.2) is 17.4 Å². The maximum atomic E-state index is 13.9. The molecule has 0 aromatic heterocycles. The number of hydrogen-bond donors (Lipinski definition) is 1. The average molecular weight is 292 g/mol. The first-order chi connectivity index (χ1) is 9.92. The summed E-state index contributed by atoms with van der Waals surface area (Å²) >= 11 is 0. The summed E-state index contributed by atoms with van der Waals surface area (Å²) in [7, 11) is 0. The maximum absolute atomic E-state index is 13.9. The van der Waals surface area contributed by atoms with Crippen LogP contribution in [0.4, 0.5) is 8.78 Å². The van der Waals surface area contributed by atoms with E-state index in [9.17, 15) is 8.78 Å². The van der Waals surface area contributed by atoms with E-state index >= 15 is 0 Å². The molecule has 0 saturated carbocycles. The molecule has 0 aliphatic heterocycles. The van der Waals surface area contributed by atoms with Crippen molar-refractivity contribution in [2.24, 2.45) is 0 Å². The van der Waals surface area contributed by atoms with Crippen molar-refractivity contribution in [1.29, 1.82) is 0 Å². The van der Waals surface area contributed by atoms with Gasteiger partial charge in [0.05, 0.1) is 6.61 Å². The molecule has 0 unspecified atom stereocenters. The van der Waals surface area contributed by atoms with Crippen LogP contribution in [-0.4, -0.2) is 5.11 Å². The van der Waals surface area contributed by atoms with Crippen molar-refractivity contribution in [3.8, 4) is 11.5 Å². The van der Waals surface area contributed by atoms with Gasteiger partial charge >= 0.3 is 0 Å². The van der Waals surface area contributed by atoms with E-state index < -0.39 is 24.0 Å². The van der Waals surface area contributed by atoms with E-state index in [2.05, 4.69) is 0 Å². The van der Waals surface area contributed by atoms with Crippen molar-refractivity contribution in [3.05, 3.63) is 58.7 Å². The fraction of sp³-hybridized carbons (Fsp3) is 0.294. The molecular weight excluding hydrogens is 274 g/mol. The summed E-state index contributed by atoms with van der Waals surface area (Å²) in [6, 6.07) is 7.76. The lowest BCUT2D eigenvalue weighted by molar-refractivity contribution is 0.279. The zero-order valence-electron chi connectivity index (χ0n) is 12.3. The van der Waals surface area contributed by atoms with Crippen LogP contribution in [0, 0.1) is 18.6 Å². The monoisotopic (exact) mass is 292 g/mol. The van der Waals surface area contributed by atoms with Gasteiger partial charge in [-0.05, 0) is 47.7 Å². The Bertz CT molecular complexity index is 628. The lowest BCUT2D eigenvalue weighted by Crippen LogP contribution is -1.98. The summed E-state index contributed by atoms with van der Waals surface area (Å²) in [6.07, 6.45) is 0. The predicted octanol–water partition coefficient (Wildman–Crippen LogP) is 4.68. The smallest absolute Gasteiger partial charge is 0.198 e. The highest BCUT2D eigenvalue weighted by molar-refractivity contribution is 5.42. The van der Waals surface area contributed by atoms with Gasteiger partial charge < -0.3 is 9.84 Å². The molecule has 0 radical (unpaired) electrons. The highest BCUT2D eigenvalue weighted by atomic mass is 19.1. The van der Waals surface area contributed by atoms with E-state index in [1.165, 1.54) is 0 Å². The molecule has 2 rings (SSSR count). The summed E-state index contributed by atoms with van der Waals surface area (Å²) in [4.78, 5) is 0. The molecule has 4 heteroatoms. The van der Waals surface area contributed by atoms with Crippen LogP contribution >= 0.6 is 0 Å².